The molecular weight excluding hydrogens is 232 g/mol. The average molecular weight is 252 g/mol. The Labute approximate surface area is 107 Å². The number of nitrogens with two attached hydrogens (primary N) is 1. The second-order valence-corrected chi connectivity index (χ2v) is 4.34. The number of aliphatic carboxylic acids is 1. The zero-order valence-corrected chi connectivity index (χ0v) is 9.54. The third-order valence-electron chi connectivity index (χ3n) is 3.07. The topological polar surface area (TPSA) is 92.3 Å². The van der Waals surface area contributed by atoms with Crippen molar-refractivity contribution in [1.82, 2.24) is 14.9 Å². The average Bonchev–Trinajstić information content (AvgIpc) is 2.33. The zero-order chi connectivity index (χ0) is 12.3. The zero-order valence-electron chi connectivity index (χ0n) is 9.54. The van der Waals surface area contributed by atoms with Crippen LogP contribution in [0.3, 0.4) is 0 Å². The van der Waals surface area contributed by atoms with Gasteiger partial charge in [-0.1, -0.05) is 7.43 Å². The maximum Gasteiger partial charge on any atom is 0.306 e. The molecule has 0 radical (unpaired) electrons. The highest BCUT2D eigenvalue weighted by molar-refractivity contribution is 5.70. The summed E-state index contributed by atoms with van der Waals surface area (Å²) < 4.78 is 0. The largest absolute Gasteiger partial charge is 0.481 e. The van der Waals surface area contributed by atoms with E-state index in [9.17, 15) is 4.79 Å². The number of carboxylic acids is 1. The fraction of sp³-hybridized carbons (Fsp3) is 0.583. The molecule has 2 heterocycles. The van der Waals surface area contributed by atoms with Crippen molar-refractivity contribution in [2.45, 2.75) is 26.8 Å². The van der Waals surface area contributed by atoms with Gasteiger partial charge in [-0.05, 0) is 25.9 Å². The standard InChI is InChI=1S/C11H16N4O2.CH4/c12-11-13-5-8(6-14-11)7-15-3-1-9(2-4-15)10(16)17;/h5-6,9H,1-4,7H2,(H,16,17)(H2,12,13,14);1H4. The van der Waals surface area contributed by atoms with Crippen molar-refractivity contribution in [1.29, 1.82) is 0 Å². The number of anilines is 1. The fourth-order valence-corrected chi connectivity index (χ4v) is 2.04. The minimum absolute atomic E-state index is 0. The molecule has 1 aliphatic heterocycles. The van der Waals surface area contributed by atoms with E-state index in [4.69, 9.17) is 10.8 Å². The van der Waals surface area contributed by atoms with Gasteiger partial charge in [0.15, 0.2) is 0 Å². The van der Waals surface area contributed by atoms with Gasteiger partial charge in [0.2, 0.25) is 5.95 Å². The van der Waals surface area contributed by atoms with Crippen LogP contribution >= 0.6 is 0 Å². The summed E-state index contributed by atoms with van der Waals surface area (Å²) in [6.45, 7) is 2.37. The van der Waals surface area contributed by atoms with Gasteiger partial charge in [0.25, 0.3) is 0 Å². The Morgan fingerprint density at radius 2 is 1.94 bits per heavy atom. The summed E-state index contributed by atoms with van der Waals surface area (Å²) in [7, 11) is 0. The molecule has 0 saturated carbocycles. The predicted octanol–water partition coefficient (Wildman–Crippen LogP) is 0.991. The van der Waals surface area contributed by atoms with E-state index in [1.807, 2.05) is 0 Å². The van der Waals surface area contributed by atoms with Crippen molar-refractivity contribution in [3.8, 4) is 0 Å². The van der Waals surface area contributed by atoms with Crippen LogP contribution < -0.4 is 5.73 Å². The molecule has 0 atom stereocenters. The van der Waals surface area contributed by atoms with Crippen LogP contribution in [0, 0.1) is 5.92 Å². The maximum atomic E-state index is 10.8. The number of piperidine rings is 1. The van der Waals surface area contributed by atoms with E-state index in [0.717, 1.165) is 25.2 Å². The lowest BCUT2D eigenvalue weighted by molar-refractivity contribution is -0.143. The number of likely N-dealkylation sites (tertiary alicyclic amines) is 1. The highest BCUT2D eigenvalue weighted by Crippen LogP contribution is 2.18. The van der Waals surface area contributed by atoms with E-state index in [2.05, 4.69) is 14.9 Å². The van der Waals surface area contributed by atoms with Crippen molar-refractivity contribution in [3.63, 3.8) is 0 Å². The van der Waals surface area contributed by atoms with Gasteiger partial charge in [-0.3, -0.25) is 9.69 Å². The van der Waals surface area contributed by atoms with Crippen molar-refractivity contribution in [2.24, 2.45) is 5.92 Å². The first-order chi connectivity index (χ1) is 8.15. The first-order valence-electron chi connectivity index (χ1n) is 5.66. The van der Waals surface area contributed by atoms with Gasteiger partial charge in [-0.25, -0.2) is 9.97 Å². The van der Waals surface area contributed by atoms with Crippen LogP contribution in [0.5, 0.6) is 0 Å². The molecule has 1 aromatic rings. The Morgan fingerprint density at radius 3 is 2.44 bits per heavy atom. The molecule has 1 saturated heterocycles. The first-order valence-corrected chi connectivity index (χ1v) is 5.66. The van der Waals surface area contributed by atoms with E-state index in [0.29, 0.717) is 12.8 Å². The summed E-state index contributed by atoms with van der Waals surface area (Å²) in [5.41, 5.74) is 6.42. The summed E-state index contributed by atoms with van der Waals surface area (Å²) in [6.07, 6.45) is 4.85. The molecule has 6 heteroatoms. The second-order valence-electron chi connectivity index (χ2n) is 4.34. The van der Waals surface area contributed by atoms with Crippen molar-refractivity contribution < 1.29 is 9.90 Å². The van der Waals surface area contributed by atoms with Gasteiger partial charge < -0.3 is 10.8 Å². The molecule has 3 N–H and O–H groups in total. The van der Waals surface area contributed by atoms with Crippen LogP contribution in [-0.4, -0.2) is 39.0 Å². The third-order valence-corrected chi connectivity index (χ3v) is 3.07. The molecule has 0 bridgehead atoms. The third kappa shape index (κ3) is 3.66. The Morgan fingerprint density at radius 1 is 1.39 bits per heavy atom. The first kappa shape index (κ1) is 14.4. The van der Waals surface area contributed by atoms with E-state index in [-0.39, 0.29) is 19.3 Å². The summed E-state index contributed by atoms with van der Waals surface area (Å²) in [5, 5.41) is 8.89. The summed E-state index contributed by atoms with van der Waals surface area (Å²) >= 11 is 0. The molecule has 1 aliphatic rings. The van der Waals surface area contributed by atoms with Gasteiger partial charge in [-0.2, -0.15) is 0 Å². The summed E-state index contributed by atoms with van der Waals surface area (Å²) in [5.74, 6) is -0.590. The molecule has 1 aromatic heterocycles. The normalized spacial score (nSPS) is 17.1. The molecule has 0 aromatic carbocycles. The van der Waals surface area contributed by atoms with Crippen LogP contribution in [0.1, 0.15) is 25.8 Å². The number of hydrogen-bond donors (Lipinski definition) is 2. The van der Waals surface area contributed by atoms with Gasteiger partial charge >= 0.3 is 5.97 Å². The van der Waals surface area contributed by atoms with E-state index < -0.39 is 5.97 Å². The van der Waals surface area contributed by atoms with Crippen molar-refractivity contribution in [2.75, 3.05) is 18.8 Å². The second kappa shape index (κ2) is 6.30. The molecule has 1 fully saturated rings. The van der Waals surface area contributed by atoms with E-state index >= 15 is 0 Å². The SMILES string of the molecule is C.Nc1ncc(CN2CCC(C(=O)O)CC2)cn1. The minimum Gasteiger partial charge on any atom is -0.481 e. The van der Waals surface area contributed by atoms with Gasteiger partial charge in [0.1, 0.15) is 0 Å². The van der Waals surface area contributed by atoms with Crippen LogP contribution in [-0.2, 0) is 11.3 Å². The lowest BCUT2D eigenvalue weighted by atomic mass is 9.97. The van der Waals surface area contributed by atoms with Crippen molar-refractivity contribution >= 4 is 11.9 Å². The molecule has 0 unspecified atom stereocenters. The monoisotopic (exact) mass is 252 g/mol. The molecule has 0 amide bonds. The maximum absolute atomic E-state index is 10.8. The Kier molecular flexibility index (Phi) is 5.03. The molecule has 18 heavy (non-hydrogen) atoms. The number of carboxylic acid groups (broad SMARTS) is 1. The molecule has 6 nitrogen and oxygen atoms in total. The molecule has 2 rings (SSSR count). The lowest BCUT2D eigenvalue weighted by Gasteiger charge is -2.29. The van der Waals surface area contributed by atoms with Gasteiger partial charge in [-0.15, -0.1) is 0 Å². The number of hydrogen-bond acceptors (Lipinski definition) is 5. The number of nitrogen functional groups attached to an aromatic ring is 1. The van der Waals surface area contributed by atoms with Crippen LogP contribution in [0.25, 0.3) is 0 Å². The number of carbonyl (C=O) groups is 1. The number of nitrogens with zero attached hydrogens (tertiary/aromatic N) is 3. The Bertz CT molecular complexity index is 386. The summed E-state index contributed by atoms with van der Waals surface area (Å²) in [6, 6.07) is 0. The highest BCUT2D eigenvalue weighted by atomic mass is 16.4. The van der Waals surface area contributed by atoms with Crippen molar-refractivity contribution in [3.05, 3.63) is 18.0 Å². The van der Waals surface area contributed by atoms with Gasteiger partial charge in [0, 0.05) is 24.5 Å². The smallest absolute Gasteiger partial charge is 0.306 e. The minimum atomic E-state index is -0.680. The fourth-order valence-electron chi connectivity index (χ4n) is 2.04. The van der Waals surface area contributed by atoms with Crippen LogP contribution in [0.2, 0.25) is 0 Å². The summed E-state index contributed by atoms with van der Waals surface area (Å²) in [4.78, 5) is 20.9. The van der Waals surface area contributed by atoms with Crippen LogP contribution in [0.4, 0.5) is 5.95 Å². The highest BCUT2D eigenvalue weighted by Gasteiger charge is 2.24. The lowest BCUT2D eigenvalue weighted by Crippen LogP contribution is -2.35. The Hall–Kier alpha value is -1.69. The van der Waals surface area contributed by atoms with E-state index in [1.54, 1.807) is 12.4 Å². The Balaban J connectivity index is 0.00000162. The molecule has 0 spiro atoms. The number of rotatable bonds is 3. The van der Waals surface area contributed by atoms with Crippen LogP contribution in [0.15, 0.2) is 12.4 Å². The predicted molar refractivity (Wildman–Crippen MR) is 68.8 cm³/mol. The molecular formula is C12H20N4O2. The molecule has 100 valence electrons. The quantitative estimate of drug-likeness (QED) is 0.833. The van der Waals surface area contributed by atoms with E-state index in [1.165, 1.54) is 0 Å². The molecule has 0 aliphatic carbocycles. The van der Waals surface area contributed by atoms with Gasteiger partial charge in [0.05, 0.1) is 5.92 Å². The number of aromatic nitrogens is 2.